The fourth-order valence-electron chi connectivity index (χ4n) is 4.18. The average Bonchev–Trinajstić information content (AvgIpc) is 3.24. The van der Waals surface area contributed by atoms with Crippen molar-refractivity contribution < 1.29 is 14.3 Å². The van der Waals surface area contributed by atoms with Crippen LogP contribution in [0, 0.1) is 17.8 Å². The minimum absolute atomic E-state index is 0.0952. The summed E-state index contributed by atoms with van der Waals surface area (Å²) in [4.78, 5) is 24.5. The summed E-state index contributed by atoms with van der Waals surface area (Å²) >= 11 is 0. The molecule has 0 unspecified atom stereocenters. The summed E-state index contributed by atoms with van der Waals surface area (Å²) in [6.45, 7) is 3.91. The highest BCUT2D eigenvalue weighted by atomic mass is 16.5. The van der Waals surface area contributed by atoms with Crippen LogP contribution in [0.1, 0.15) is 44.7 Å². The zero-order valence-corrected chi connectivity index (χ0v) is 14.6. The summed E-state index contributed by atoms with van der Waals surface area (Å²) in [6.07, 6.45) is 6.71. The number of fused-ring (bicyclic) bond motifs is 3. The van der Waals surface area contributed by atoms with Crippen LogP contribution in [-0.4, -0.2) is 17.9 Å². The lowest BCUT2D eigenvalue weighted by molar-refractivity contribution is -0.126. The maximum atomic E-state index is 12.6. The van der Waals surface area contributed by atoms with Crippen LogP contribution >= 0.6 is 0 Å². The molecule has 4 rings (SSSR count). The lowest BCUT2D eigenvalue weighted by Crippen LogP contribution is -2.37. The topological polar surface area (TPSA) is 67.4 Å². The second-order valence-electron chi connectivity index (χ2n) is 7.38. The van der Waals surface area contributed by atoms with Gasteiger partial charge in [0.2, 0.25) is 5.91 Å². The van der Waals surface area contributed by atoms with Crippen LogP contribution < -0.4 is 15.4 Å². The van der Waals surface area contributed by atoms with E-state index in [1.807, 2.05) is 32.0 Å². The molecule has 132 valence electrons. The van der Waals surface area contributed by atoms with Crippen molar-refractivity contribution in [1.82, 2.24) is 5.32 Å². The van der Waals surface area contributed by atoms with Crippen molar-refractivity contribution in [2.45, 2.75) is 45.3 Å². The highest BCUT2D eigenvalue weighted by molar-refractivity contribution is 5.97. The van der Waals surface area contributed by atoms with Gasteiger partial charge in [0.25, 0.3) is 5.91 Å². The van der Waals surface area contributed by atoms with E-state index >= 15 is 0 Å². The molecule has 5 nitrogen and oxygen atoms in total. The van der Waals surface area contributed by atoms with E-state index in [9.17, 15) is 9.59 Å². The molecule has 2 aliphatic carbocycles. The molecule has 1 aromatic rings. The van der Waals surface area contributed by atoms with Crippen molar-refractivity contribution in [3.8, 4) is 5.75 Å². The van der Waals surface area contributed by atoms with Gasteiger partial charge in [-0.2, -0.15) is 0 Å². The Morgan fingerprint density at radius 3 is 2.88 bits per heavy atom. The molecule has 0 spiro atoms. The van der Waals surface area contributed by atoms with Gasteiger partial charge in [-0.25, -0.2) is 0 Å². The van der Waals surface area contributed by atoms with Crippen molar-refractivity contribution in [3.63, 3.8) is 0 Å². The number of carbonyl (C=O) groups is 2. The smallest absolute Gasteiger partial charge is 0.265 e. The fourth-order valence-corrected chi connectivity index (χ4v) is 4.18. The highest BCUT2D eigenvalue weighted by Crippen LogP contribution is 2.43. The molecule has 0 aromatic heterocycles. The molecule has 1 aliphatic heterocycles. The number of rotatable bonds is 4. The van der Waals surface area contributed by atoms with Crippen molar-refractivity contribution >= 4 is 17.5 Å². The Kier molecular flexibility index (Phi) is 4.02. The second-order valence-corrected chi connectivity index (χ2v) is 7.38. The van der Waals surface area contributed by atoms with Gasteiger partial charge in [-0.1, -0.05) is 25.1 Å². The van der Waals surface area contributed by atoms with Crippen molar-refractivity contribution in [2.75, 3.05) is 5.32 Å². The maximum Gasteiger partial charge on any atom is 0.265 e. The van der Waals surface area contributed by atoms with Crippen LogP contribution in [0.2, 0.25) is 0 Å². The number of nitrogens with one attached hydrogen (secondary N) is 2. The Morgan fingerprint density at radius 1 is 1.36 bits per heavy atom. The van der Waals surface area contributed by atoms with Gasteiger partial charge in [0, 0.05) is 5.92 Å². The fraction of sp³-hybridized carbons (Fsp3) is 0.500. The van der Waals surface area contributed by atoms with Crippen LogP contribution in [0.15, 0.2) is 30.4 Å². The molecule has 2 bridgehead atoms. The molecule has 1 heterocycles. The molecule has 1 fully saturated rings. The van der Waals surface area contributed by atoms with E-state index in [-0.39, 0.29) is 23.8 Å². The normalized spacial score (nSPS) is 30.4. The number of carbonyl (C=O) groups excluding carboxylic acids is 2. The van der Waals surface area contributed by atoms with Gasteiger partial charge < -0.3 is 15.4 Å². The third-order valence-electron chi connectivity index (χ3n) is 5.67. The Morgan fingerprint density at radius 2 is 2.20 bits per heavy atom. The summed E-state index contributed by atoms with van der Waals surface area (Å²) in [5.41, 5.74) is 1.67. The van der Waals surface area contributed by atoms with E-state index in [0.717, 1.165) is 18.4 Å². The molecular formula is C20H24N2O3. The summed E-state index contributed by atoms with van der Waals surface area (Å²) in [6, 6.07) is 5.60. The van der Waals surface area contributed by atoms with Gasteiger partial charge in [0.1, 0.15) is 5.75 Å². The Bertz CT molecular complexity index is 742. The van der Waals surface area contributed by atoms with E-state index in [1.165, 1.54) is 0 Å². The lowest BCUT2D eigenvalue weighted by atomic mass is 9.92. The van der Waals surface area contributed by atoms with Gasteiger partial charge in [-0.05, 0) is 55.7 Å². The molecule has 2 amide bonds. The second kappa shape index (κ2) is 6.21. The molecule has 3 aliphatic rings. The molecule has 5 heteroatoms. The zero-order chi connectivity index (χ0) is 17.6. The molecule has 1 saturated carbocycles. The number of benzene rings is 1. The monoisotopic (exact) mass is 340 g/mol. The van der Waals surface area contributed by atoms with Crippen LogP contribution in [-0.2, 0) is 9.59 Å². The van der Waals surface area contributed by atoms with E-state index in [2.05, 4.69) is 22.8 Å². The van der Waals surface area contributed by atoms with Crippen LogP contribution in [0.25, 0.3) is 0 Å². The van der Waals surface area contributed by atoms with Crippen LogP contribution in [0.5, 0.6) is 5.75 Å². The summed E-state index contributed by atoms with van der Waals surface area (Å²) in [7, 11) is 0. The first-order valence-corrected chi connectivity index (χ1v) is 9.15. The number of ether oxygens (including phenoxy) is 1. The van der Waals surface area contributed by atoms with Gasteiger partial charge in [0.05, 0.1) is 11.7 Å². The summed E-state index contributed by atoms with van der Waals surface area (Å²) < 4.78 is 5.80. The number of amides is 2. The van der Waals surface area contributed by atoms with Crippen molar-refractivity contribution in [3.05, 3.63) is 35.9 Å². The highest BCUT2D eigenvalue weighted by Gasteiger charge is 2.40. The molecule has 5 atom stereocenters. The largest absolute Gasteiger partial charge is 0.478 e. The Labute approximate surface area is 147 Å². The first-order valence-electron chi connectivity index (χ1n) is 9.15. The van der Waals surface area contributed by atoms with Crippen molar-refractivity contribution in [1.29, 1.82) is 0 Å². The predicted octanol–water partition coefficient (Wildman–Crippen LogP) is 3.19. The minimum Gasteiger partial charge on any atom is -0.478 e. The standard InChI is InChI=1S/C20H24N2O3/c1-3-17-20(24)22-16-7-6-13(10-18(16)25-17)11(2)21-19(23)15-9-12-4-5-14(15)8-12/h4-7,10-12,14-15,17H,3,8-9H2,1-2H3,(H,21,23)(H,22,24)/t11-,12-,14-,15-,17-/m0/s1. The molecule has 25 heavy (non-hydrogen) atoms. The maximum absolute atomic E-state index is 12.6. The van der Waals surface area contributed by atoms with Crippen molar-refractivity contribution in [2.24, 2.45) is 17.8 Å². The van der Waals surface area contributed by atoms with Crippen LogP contribution in [0.3, 0.4) is 0 Å². The first kappa shape index (κ1) is 16.2. The zero-order valence-electron chi connectivity index (χ0n) is 14.6. The van der Waals surface area contributed by atoms with Gasteiger partial charge in [-0.15, -0.1) is 0 Å². The van der Waals surface area contributed by atoms with Gasteiger partial charge in [0.15, 0.2) is 6.10 Å². The SMILES string of the molecule is CC[C@@H]1Oc2cc([C@H](C)NC(=O)[C@H]3C[C@H]4C=C[C@H]3C4)ccc2NC1=O. The average molecular weight is 340 g/mol. The third-order valence-corrected chi connectivity index (χ3v) is 5.67. The number of hydrogen-bond acceptors (Lipinski definition) is 3. The number of anilines is 1. The first-order chi connectivity index (χ1) is 12.0. The number of hydrogen-bond donors (Lipinski definition) is 2. The number of allylic oxidation sites excluding steroid dienone is 2. The summed E-state index contributed by atoms with van der Waals surface area (Å²) in [5, 5.41) is 6.02. The van der Waals surface area contributed by atoms with Gasteiger partial charge >= 0.3 is 0 Å². The van der Waals surface area contributed by atoms with E-state index in [0.29, 0.717) is 29.7 Å². The lowest BCUT2D eigenvalue weighted by Gasteiger charge is -2.27. The van der Waals surface area contributed by atoms with E-state index in [4.69, 9.17) is 4.74 Å². The summed E-state index contributed by atoms with van der Waals surface area (Å²) in [5.74, 6) is 1.81. The quantitative estimate of drug-likeness (QED) is 0.827. The molecular weight excluding hydrogens is 316 g/mol. The van der Waals surface area contributed by atoms with Crippen LogP contribution in [0.4, 0.5) is 5.69 Å². The Hall–Kier alpha value is -2.30. The molecule has 0 radical (unpaired) electrons. The molecule has 1 aromatic carbocycles. The third kappa shape index (κ3) is 2.92. The van der Waals surface area contributed by atoms with Gasteiger partial charge in [-0.3, -0.25) is 9.59 Å². The Balaban J connectivity index is 1.46. The predicted molar refractivity (Wildman–Crippen MR) is 95.2 cm³/mol. The van der Waals surface area contributed by atoms with E-state index < -0.39 is 6.10 Å². The molecule has 2 N–H and O–H groups in total. The minimum atomic E-state index is -0.450. The van der Waals surface area contributed by atoms with E-state index in [1.54, 1.807) is 0 Å². The molecule has 0 saturated heterocycles.